The van der Waals surface area contributed by atoms with Crippen LogP contribution < -0.4 is 11.1 Å². The number of aryl methyl sites for hydroxylation is 1. The second-order valence-corrected chi connectivity index (χ2v) is 5.65. The summed E-state index contributed by atoms with van der Waals surface area (Å²) in [6, 6.07) is 0. The van der Waals surface area contributed by atoms with Crippen molar-refractivity contribution >= 4 is 11.6 Å². The van der Waals surface area contributed by atoms with E-state index in [1.807, 2.05) is 0 Å². The molecule has 2 rings (SSSR count). The van der Waals surface area contributed by atoms with Crippen molar-refractivity contribution < 1.29 is 9.90 Å². The highest BCUT2D eigenvalue weighted by Gasteiger charge is 2.36. The number of hydrogen-bond acceptors (Lipinski definition) is 4. The number of aliphatic hydroxyl groups excluding tert-OH is 1. The Balaban J connectivity index is 2.13. The summed E-state index contributed by atoms with van der Waals surface area (Å²) in [5.41, 5.74) is 5.95. The SMILES string of the molecule is CC1CCC(CO)(NC(=O)c2c(N)cnn2C)CC1. The quantitative estimate of drug-likeness (QED) is 0.749. The van der Waals surface area contributed by atoms with Crippen molar-refractivity contribution in [2.75, 3.05) is 12.3 Å². The maximum Gasteiger partial charge on any atom is 0.272 e. The smallest absolute Gasteiger partial charge is 0.272 e. The monoisotopic (exact) mass is 266 g/mol. The molecule has 1 saturated carbocycles. The molecule has 0 saturated heterocycles. The van der Waals surface area contributed by atoms with Crippen LogP contribution in [0.5, 0.6) is 0 Å². The van der Waals surface area contributed by atoms with Crippen LogP contribution in [0.25, 0.3) is 0 Å². The Kier molecular flexibility index (Phi) is 3.80. The van der Waals surface area contributed by atoms with Gasteiger partial charge in [0.1, 0.15) is 5.69 Å². The Labute approximate surface area is 113 Å². The lowest BCUT2D eigenvalue weighted by molar-refractivity contribution is 0.0709. The van der Waals surface area contributed by atoms with Gasteiger partial charge in [0.25, 0.3) is 5.91 Å². The van der Waals surface area contributed by atoms with Crippen molar-refractivity contribution in [2.45, 2.75) is 38.1 Å². The first-order chi connectivity index (χ1) is 8.97. The largest absolute Gasteiger partial charge is 0.396 e. The van der Waals surface area contributed by atoms with Crippen molar-refractivity contribution in [2.24, 2.45) is 13.0 Å². The van der Waals surface area contributed by atoms with E-state index in [0.29, 0.717) is 17.3 Å². The van der Waals surface area contributed by atoms with Gasteiger partial charge >= 0.3 is 0 Å². The molecule has 0 atom stereocenters. The minimum atomic E-state index is -0.514. The fourth-order valence-electron chi connectivity index (χ4n) is 2.67. The summed E-state index contributed by atoms with van der Waals surface area (Å²) < 4.78 is 1.46. The van der Waals surface area contributed by atoms with E-state index < -0.39 is 5.54 Å². The summed E-state index contributed by atoms with van der Waals surface area (Å²) in [5.74, 6) is 0.388. The Morgan fingerprint density at radius 1 is 1.63 bits per heavy atom. The molecule has 0 aromatic carbocycles. The summed E-state index contributed by atoms with van der Waals surface area (Å²) in [4.78, 5) is 12.3. The first-order valence-electron chi connectivity index (χ1n) is 6.68. The van der Waals surface area contributed by atoms with E-state index in [2.05, 4.69) is 17.3 Å². The van der Waals surface area contributed by atoms with Gasteiger partial charge in [-0.05, 0) is 31.6 Å². The van der Waals surface area contributed by atoms with Crippen LogP contribution in [0.3, 0.4) is 0 Å². The average molecular weight is 266 g/mol. The Morgan fingerprint density at radius 3 is 2.74 bits per heavy atom. The number of aliphatic hydroxyl groups is 1. The number of hydrogen-bond donors (Lipinski definition) is 3. The lowest BCUT2D eigenvalue weighted by atomic mass is 9.77. The molecule has 0 aliphatic heterocycles. The molecule has 0 unspecified atom stereocenters. The van der Waals surface area contributed by atoms with Crippen LogP contribution in [0.2, 0.25) is 0 Å². The minimum Gasteiger partial charge on any atom is -0.396 e. The predicted octanol–water partition coefficient (Wildman–Crippen LogP) is 0.673. The van der Waals surface area contributed by atoms with E-state index in [1.54, 1.807) is 7.05 Å². The number of carbonyl (C=O) groups excluding carboxylic acids is 1. The van der Waals surface area contributed by atoms with E-state index in [-0.39, 0.29) is 12.5 Å². The van der Waals surface area contributed by atoms with Crippen LogP contribution in [-0.2, 0) is 7.05 Å². The average Bonchev–Trinajstić information content (AvgIpc) is 2.72. The van der Waals surface area contributed by atoms with Gasteiger partial charge in [-0.1, -0.05) is 6.92 Å². The molecule has 1 amide bonds. The van der Waals surface area contributed by atoms with E-state index in [1.165, 1.54) is 10.9 Å². The molecule has 6 heteroatoms. The van der Waals surface area contributed by atoms with Crippen LogP contribution in [0.4, 0.5) is 5.69 Å². The second kappa shape index (κ2) is 5.21. The molecular weight excluding hydrogens is 244 g/mol. The summed E-state index contributed by atoms with van der Waals surface area (Å²) in [6.07, 6.45) is 5.09. The molecule has 1 aromatic rings. The van der Waals surface area contributed by atoms with Gasteiger partial charge in [0.05, 0.1) is 24.0 Å². The summed E-state index contributed by atoms with van der Waals surface area (Å²) in [6.45, 7) is 2.16. The number of nitrogen functional groups attached to an aromatic ring is 1. The molecule has 1 aliphatic carbocycles. The molecule has 1 heterocycles. The zero-order valence-corrected chi connectivity index (χ0v) is 11.5. The van der Waals surface area contributed by atoms with Crippen molar-refractivity contribution in [3.8, 4) is 0 Å². The van der Waals surface area contributed by atoms with Crippen LogP contribution >= 0.6 is 0 Å². The topological polar surface area (TPSA) is 93.2 Å². The molecule has 4 N–H and O–H groups in total. The van der Waals surface area contributed by atoms with Gasteiger partial charge in [-0.15, -0.1) is 0 Å². The van der Waals surface area contributed by atoms with Gasteiger partial charge in [0.15, 0.2) is 0 Å². The first kappa shape index (κ1) is 13.9. The summed E-state index contributed by atoms with van der Waals surface area (Å²) >= 11 is 0. The van der Waals surface area contributed by atoms with Crippen LogP contribution in [0.15, 0.2) is 6.20 Å². The zero-order valence-electron chi connectivity index (χ0n) is 11.5. The molecule has 106 valence electrons. The standard InChI is InChI=1S/C13H22N4O2/c1-9-3-5-13(8-18,6-4-9)16-12(19)11-10(14)7-15-17(11)2/h7,9,18H,3-6,8,14H2,1-2H3,(H,16,19). The van der Waals surface area contributed by atoms with E-state index in [4.69, 9.17) is 5.73 Å². The number of rotatable bonds is 3. The molecule has 0 spiro atoms. The van der Waals surface area contributed by atoms with Crippen LogP contribution in [-0.4, -0.2) is 32.9 Å². The molecule has 1 aliphatic rings. The summed E-state index contributed by atoms with van der Waals surface area (Å²) in [5, 5.41) is 16.6. The van der Waals surface area contributed by atoms with Crippen LogP contribution in [0, 0.1) is 5.92 Å². The minimum absolute atomic E-state index is 0.0385. The Hall–Kier alpha value is -1.56. The Morgan fingerprint density at radius 2 is 2.26 bits per heavy atom. The number of carbonyl (C=O) groups is 1. The van der Waals surface area contributed by atoms with Crippen molar-refractivity contribution in [1.82, 2.24) is 15.1 Å². The van der Waals surface area contributed by atoms with Crippen molar-refractivity contribution in [1.29, 1.82) is 0 Å². The molecular formula is C13H22N4O2. The van der Waals surface area contributed by atoms with E-state index >= 15 is 0 Å². The number of nitrogens with zero attached hydrogens (tertiary/aromatic N) is 2. The van der Waals surface area contributed by atoms with Crippen molar-refractivity contribution in [3.63, 3.8) is 0 Å². The highest BCUT2D eigenvalue weighted by molar-refractivity contribution is 5.97. The number of nitrogens with one attached hydrogen (secondary N) is 1. The number of anilines is 1. The van der Waals surface area contributed by atoms with Gasteiger partial charge < -0.3 is 16.2 Å². The highest BCUT2D eigenvalue weighted by Crippen LogP contribution is 2.32. The third-order valence-corrected chi connectivity index (χ3v) is 4.09. The molecule has 6 nitrogen and oxygen atoms in total. The molecule has 0 radical (unpaired) electrons. The molecule has 0 bridgehead atoms. The normalized spacial score (nSPS) is 27.2. The molecule has 19 heavy (non-hydrogen) atoms. The Bertz CT molecular complexity index is 442. The van der Waals surface area contributed by atoms with E-state index in [9.17, 15) is 9.90 Å². The summed E-state index contributed by atoms with van der Waals surface area (Å²) in [7, 11) is 1.68. The van der Waals surface area contributed by atoms with Gasteiger partial charge in [-0.2, -0.15) is 5.10 Å². The first-order valence-corrected chi connectivity index (χ1v) is 6.68. The van der Waals surface area contributed by atoms with Gasteiger partial charge in [-0.3, -0.25) is 9.48 Å². The van der Waals surface area contributed by atoms with Gasteiger partial charge in [0.2, 0.25) is 0 Å². The van der Waals surface area contributed by atoms with Crippen LogP contribution in [0.1, 0.15) is 43.1 Å². The fourth-order valence-corrected chi connectivity index (χ4v) is 2.67. The number of aromatic nitrogens is 2. The molecule has 1 aromatic heterocycles. The second-order valence-electron chi connectivity index (χ2n) is 5.65. The highest BCUT2D eigenvalue weighted by atomic mass is 16.3. The third-order valence-electron chi connectivity index (χ3n) is 4.09. The predicted molar refractivity (Wildman–Crippen MR) is 72.5 cm³/mol. The molecule has 1 fully saturated rings. The van der Waals surface area contributed by atoms with E-state index in [0.717, 1.165) is 25.7 Å². The van der Waals surface area contributed by atoms with Crippen molar-refractivity contribution in [3.05, 3.63) is 11.9 Å². The van der Waals surface area contributed by atoms with Gasteiger partial charge in [0, 0.05) is 7.05 Å². The lowest BCUT2D eigenvalue weighted by Gasteiger charge is -2.38. The fraction of sp³-hybridized carbons (Fsp3) is 0.692. The lowest BCUT2D eigenvalue weighted by Crippen LogP contribution is -2.53. The maximum absolute atomic E-state index is 12.3. The third kappa shape index (κ3) is 2.73. The zero-order chi connectivity index (χ0) is 14.0. The number of nitrogens with two attached hydrogens (primary N) is 1. The maximum atomic E-state index is 12.3. The van der Waals surface area contributed by atoms with Gasteiger partial charge in [-0.25, -0.2) is 0 Å². The number of amides is 1.